The first-order valence-corrected chi connectivity index (χ1v) is 14.6. The van der Waals surface area contributed by atoms with E-state index in [0.29, 0.717) is 16.2 Å². The predicted molar refractivity (Wildman–Crippen MR) is 149 cm³/mol. The summed E-state index contributed by atoms with van der Waals surface area (Å²) >= 11 is 4.56. The summed E-state index contributed by atoms with van der Waals surface area (Å²) in [5.41, 5.74) is 1.78. The summed E-state index contributed by atoms with van der Waals surface area (Å²) in [6.45, 7) is 5.34. The number of carbonyl (C=O) groups excluding carboxylic acids is 3. The Hall–Kier alpha value is -2.97. The fourth-order valence-electron chi connectivity index (χ4n) is 5.81. The van der Waals surface area contributed by atoms with Gasteiger partial charge in [-0.25, -0.2) is 9.18 Å². The van der Waals surface area contributed by atoms with Crippen molar-refractivity contribution in [2.75, 3.05) is 11.9 Å². The van der Waals surface area contributed by atoms with E-state index in [-0.39, 0.29) is 28.8 Å². The molecule has 1 unspecified atom stereocenters. The molecule has 0 radical (unpaired) electrons. The van der Waals surface area contributed by atoms with Crippen LogP contribution < -0.4 is 10.2 Å². The molecular weight excluding hydrogens is 587 g/mol. The van der Waals surface area contributed by atoms with E-state index in [2.05, 4.69) is 27.3 Å². The normalized spacial score (nSPS) is 22.6. The molecule has 2 aromatic rings. The van der Waals surface area contributed by atoms with Gasteiger partial charge >= 0.3 is 6.09 Å². The summed E-state index contributed by atoms with van der Waals surface area (Å²) in [6.07, 6.45) is 2.17. The van der Waals surface area contributed by atoms with Crippen LogP contribution in [0.5, 0.6) is 0 Å². The van der Waals surface area contributed by atoms with Crippen molar-refractivity contribution in [3.05, 3.63) is 38.9 Å². The molecule has 1 aliphatic carbocycles. The summed E-state index contributed by atoms with van der Waals surface area (Å²) in [7, 11) is 1.72. The lowest BCUT2D eigenvalue weighted by atomic mass is 9.97. The molecule has 1 N–H and O–H groups in total. The number of nitriles is 1. The van der Waals surface area contributed by atoms with Crippen molar-refractivity contribution in [1.29, 1.82) is 5.26 Å². The lowest BCUT2D eigenvalue weighted by Crippen LogP contribution is -2.55. The number of hydrogen-bond donors (Lipinski definition) is 1. The molecule has 1 saturated heterocycles. The largest absolute Gasteiger partial charge is 0.444 e. The Kier molecular flexibility index (Phi) is 7.22. The number of piperidine rings is 1. The zero-order valence-corrected chi connectivity index (χ0v) is 24.6. The Bertz CT molecular complexity index is 1400. The monoisotopic (exact) mass is 616 g/mol. The number of fused-ring (bicyclic) bond motifs is 3. The van der Waals surface area contributed by atoms with Gasteiger partial charge in [-0.2, -0.15) is 5.26 Å². The molecule has 1 aromatic heterocycles. The van der Waals surface area contributed by atoms with Gasteiger partial charge in [0.25, 0.3) is 0 Å². The molecule has 2 bridgehead atoms. The third-order valence-electron chi connectivity index (χ3n) is 7.61. The van der Waals surface area contributed by atoms with E-state index in [1.807, 2.05) is 18.2 Å². The van der Waals surface area contributed by atoms with Crippen LogP contribution in [-0.2, 0) is 27.2 Å². The second kappa shape index (κ2) is 10.2. The smallest absolute Gasteiger partial charge is 0.411 e. The van der Waals surface area contributed by atoms with E-state index >= 15 is 4.39 Å². The molecule has 2 fully saturated rings. The third-order valence-corrected chi connectivity index (χ3v) is 9.85. The zero-order valence-electron chi connectivity index (χ0n) is 22.2. The maximum Gasteiger partial charge on any atom is 0.411 e. The number of likely N-dealkylation sites (N-methyl/N-ethyl adjacent to an activating group) is 1. The molecule has 3 amide bonds. The first-order chi connectivity index (χ1) is 18.4. The van der Waals surface area contributed by atoms with Gasteiger partial charge in [0.05, 0.1) is 21.8 Å². The van der Waals surface area contributed by atoms with Gasteiger partial charge < -0.3 is 15.0 Å². The lowest BCUT2D eigenvalue weighted by molar-refractivity contribution is -0.128. The average molecular weight is 618 g/mol. The maximum atomic E-state index is 15.3. The van der Waals surface area contributed by atoms with Gasteiger partial charge in [-0.1, -0.05) is 12.1 Å². The SMILES string of the molecule is CN1C(=O)Cc2ccc(-c3sc(CC(C#N)NC(=O)[C@@H]4[C@H]5CC[C@H](C5)N4C(=O)OC(C)(C)C)c(F)c3Br)cc21. The molecule has 5 rings (SSSR count). The number of hydrogen-bond acceptors (Lipinski definition) is 6. The minimum atomic E-state index is -0.978. The van der Waals surface area contributed by atoms with Crippen LogP contribution in [0.25, 0.3) is 10.4 Å². The number of ether oxygens (including phenoxy) is 1. The van der Waals surface area contributed by atoms with E-state index in [0.717, 1.165) is 36.1 Å². The molecule has 0 spiro atoms. The second-order valence-electron chi connectivity index (χ2n) is 11.4. The van der Waals surface area contributed by atoms with Crippen LogP contribution >= 0.6 is 27.3 Å². The maximum absolute atomic E-state index is 15.3. The number of nitrogens with zero attached hydrogens (tertiary/aromatic N) is 3. The summed E-state index contributed by atoms with van der Waals surface area (Å²) in [4.78, 5) is 42.5. The predicted octanol–water partition coefficient (Wildman–Crippen LogP) is 5.17. The topological polar surface area (TPSA) is 103 Å². The molecule has 1 saturated carbocycles. The van der Waals surface area contributed by atoms with Crippen molar-refractivity contribution < 1.29 is 23.5 Å². The fourth-order valence-corrected chi connectivity index (χ4v) is 7.76. The molecule has 1 aromatic carbocycles. The minimum absolute atomic E-state index is 0.00547. The van der Waals surface area contributed by atoms with Crippen molar-refractivity contribution in [3.63, 3.8) is 0 Å². The van der Waals surface area contributed by atoms with Gasteiger partial charge in [-0.15, -0.1) is 11.3 Å². The van der Waals surface area contributed by atoms with Crippen LogP contribution in [0.15, 0.2) is 22.7 Å². The van der Waals surface area contributed by atoms with E-state index < -0.39 is 35.5 Å². The average Bonchev–Trinajstić information content (AvgIpc) is 3.62. The molecule has 11 heteroatoms. The van der Waals surface area contributed by atoms with Gasteiger partial charge in [0.15, 0.2) is 5.82 Å². The molecule has 206 valence electrons. The first kappa shape index (κ1) is 27.6. The van der Waals surface area contributed by atoms with Gasteiger partial charge in [0, 0.05) is 30.1 Å². The van der Waals surface area contributed by atoms with Gasteiger partial charge in [-0.3, -0.25) is 14.5 Å². The quantitative estimate of drug-likeness (QED) is 0.499. The van der Waals surface area contributed by atoms with E-state index in [9.17, 15) is 19.6 Å². The number of nitrogens with one attached hydrogen (secondary N) is 1. The van der Waals surface area contributed by atoms with Crippen molar-refractivity contribution in [1.82, 2.24) is 10.2 Å². The van der Waals surface area contributed by atoms with Crippen molar-refractivity contribution in [2.45, 2.75) is 76.6 Å². The van der Waals surface area contributed by atoms with Crippen LogP contribution in [0, 0.1) is 23.1 Å². The van der Waals surface area contributed by atoms with Crippen LogP contribution in [0.3, 0.4) is 0 Å². The van der Waals surface area contributed by atoms with Crippen molar-refractivity contribution in [3.8, 4) is 16.5 Å². The molecule has 8 nitrogen and oxygen atoms in total. The second-order valence-corrected chi connectivity index (χ2v) is 13.3. The number of halogens is 2. The Morgan fingerprint density at radius 1 is 1.33 bits per heavy atom. The van der Waals surface area contributed by atoms with E-state index in [1.165, 1.54) is 16.2 Å². The number of carbonyl (C=O) groups is 3. The number of likely N-dealkylation sites (tertiary alicyclic amines) is 1. The van der Waals surface area contributed by atoms with Crippen molar-refractivity contribution in [2.24, 2.45) is 5.92 Å². The zero-order chi connectivity index (χ0) is 28.2. The summed E-state index contributed by atoms with van der Waals surface area (Å²) in [5, 5.41) is 12.6. The number of anilines is 1. The highest BCUT2D eigenvalue weighted by Crippen LogP contribution is 2.44. The van der Waals surface area contributed by atoms with Crippen LogP contribution in [0.2, 0.25) is 0 Å². The van der Waals surface area contributed by atoms with Crippen molar-refractivity contribution >= 4 is 50.9 Å². The highest BCUT2D eigenvalue weighted by molar-refractivity contribution is 9.10. The number of rotatable bonds is 5. The fraction of sp³-hybridized carbons (Fsp3) is 0.500. The highest BCUT2D eigenvalue weighted by atomic mass is 79.9. The van der Waals surface area contributed by atoms with Gasteiger partial charge in [0.1, 0.15) is 17.7 Å². The Labute approximate surface area is 239 Å². The summed E-state index contributed by atoms with van der Waals surface area (Å²) < 4.78 is 21.2. The van der Waals surface area contributed by atoms with E-state index in [1.54, 1.807) is 32.7 Å². The lowest BCUT2D eigenvalue weighted by Gasteiger charge is -2.35. The molecule has 39 heavy (non-hydrogen) atoms. The van der Waals surface area contributed by atoms with Crippen LogP contribution in [0.1, 0.15) is 50.5 Å². The number of amides is 3. The Morgan fingerprint density at radius 2 is 2.08 bits per heavy atom. The summed E-state index contributed by atoms with van der Waals surface area (Å²) in [5.74, 6) is -0.884. The van der Waals surface area contributed by atoms with E-state index in [4.69, 9.17) is 4.74 Å². The standard InChI is InChI=1S/C28H30BrFN4O4S/c1-28(2,3)38-27(37)34-18-8-7-15(9-18)24(34)26(36)32-17(13-31)12-20-23(30)22(29)25(39-20)16-6-5-14-11-21(35)33(4)19(14)10-16/h5-6,10,15,17-18,24H,7-9,11-12H2,1-4H3,(H,32,36)/t15-,17?,18+,24-/m0/s1. The molecule has 3 aliphatic rings. The van der Waals surface area contributed by atoms with Crippen LogP contribution in [0.4, 0.5) is 14.9 Å². The van der Waals surface area contributed by atoms with Crippen LogP contribution in [-0.4, -0.2) is 53.6 Å². The molecule has 4 atom stereocenters. The number of benzene rings is 1. The molecular formula is C28H30BrFN4O4S. The minimum Gasteiger partial charge on any atom is -0.444 e. The summed E-state index contributed by atoms with van der Waals surface area (Å²) in [6, 6.07) is 5.93. The van der Waals surface area contributed by atoms with Gasteiger partial charge in [0.2, 0.25) is 11.8 Å². The van der Waals surface area contributed by atoms with Gasteiger partial charge in [-0.05, 0) is 79.1 Å². The molecule has 2 aliphatic heterocycles. The Balaban J connectivity index is 1.33. The highest BCUT2D eigenvalue weighted by Gasteiger charge is 2.52. The number of thiophene rings is 1. The Morgan fingerprint density at radius 3 is 2.77 bits per heavy atom. The third kappa shape index (κ3) is 5.16. The first-order valence-electron chi connectivity index (χ1n) is 13.0. The molecule has 3 heterocycles.